The van der Waals surface area contributed by atoms with Crippen molar-refractivity contribution in [1.82, 2.24) is 0 Å². The van der Waals surface area contributed by atoms with E-state index in [-0.39, 0.29) is 5.91 Å². The number of thiophene rings is 1. The topological polar surface area (TPSA) is 41.5 Å². The second-order valence-corrected chi connectivity index (χ2v) is 9.55. The summed E-state index contributed by atoms with van der Waals surface area (Å²) in [6.45, 7) is 6.21. The Hall–Kier alpha value is -2.72. The number of hydrogen-bond acceptors (Lipinski definition) is 3. The van der Waals surface area contributed by atoms with Crippen LogP contribution in [0, 0.1) is 20.8 Å². The Morgan fingerprint density at radius 2 is 1.71 bits per heavy atom. The van der Waals surface area contributed by atoms with Crippen LogP contribution in [0.15, 0.2) is 47.5 Å². The van der Waals surface area contributed by atoms with Crippen molar-refractivity contribution in [1.29, 1.82) is 0 Å². The molecule has 3 aromatic rings. The van der Waals surface area contributed by atoms with Crippen LogP contribution in [0.2, 0.25) is 0 Å². The van der Waals surface area contributed by atoms with Gasteiger partial charge in [-0.1, -0.05) is 54.8 Å². The quantitative estimate of drug-likeness (QED) is 0.432. The molecule has 160 valence electrons. The van der Waals surface area contributed by atoms with Crippen molar-refractivity contribution in [3.63, 3.8) is 0 Å². The van der Waals surface area contributed by atoms with Crippen molar-refractivity contribution >= 4 is 34.1 Å². The molecule has 0 aliphatic heterocycles. The molecule has 0 bridgehead atoms. The average molecular weight is 431 g/mol. The van der Waals surface area contributed by atoms with Crippen molar-refractivity contribution in [2.75, 3.05) is 5.32 Å². The van der Waals surface area contributed by atoms with Gasteiger partial charge in [-0.2, -0.15) is 0 Å². The number of nitrogens with zero attached hydrogens (tertiary/aromatic N) is 1. The first-order valence-electron chi connectivity index (χ1n) is 11.2. The van der Waals surface area contributed by atoms with E-state index in [1.165, 1.54) is 40.8 Å². The zero-order valence-electron chi connectivity index (χ0n) is 18.6. The summed E-state index contributed by atoms with van der Waals surface area (Å²) >= 11 is 1.69. The predicted molar refractivity (Wildman–Crippen MR) is 132 cm³/mol. The van der Waals surface area contributed by atoms with Crippen molar-refractivity contribution in [2.24, 2.45) is 4.99 Å². The molecular formula is C27H30N2OS. The van der Waals surface area contributed by atoms with Crippen LogP contribution in [0.1, 0.15) is 68.7 Å². The van der Waals surface area contributed by atoms with E-state index in [0.29, 0.717) is 0 Å². The number of carbonyl (C=O) groups excluding carboxylic acids is 1. The molecule has 1 aliphatic carbocycles. The van der Waals surface area contributed by atoms with Crippen LogP contribution in [0.3, 0.4) is 0 Å². The molecule has 2 aromatic carbocycles. The van der Waals surface area contributed by atoms with Crippen molar-refractivity contribution in [3.05, 3.63) is 80.7 Å². The maximum atomic E-state index is 13.5. The molecule has 0 atom stereocenters. The SMILES string of the molecule is Cc1ccc(C=Nc2sc3c(c2C(=O)Nc2cccc(C)c2C)CCCCCC3)cc1. The molecule has 0 unspecified atom stereocenters. The van der Waals surface area contributed by atoms with Gasteiger partial charge in [0.05, 0.1) is 5.56 Å². The second kappa shape index (κ2) is 9.61. The van der Waals surface area contributed by atoms with E-state index in [1.807, 2.05) is 18.3 Å². The standard InChI is InChI=1S/C27H30N2OS/c1-18-13-15-21(16-14-18)17-28-27-25(22-10-6-4-5-7-12-24(22)31-27)26(30)29-23-11-8-9-19(2)20(23)3/h8-9,11,13-17H,4-7,10,12H2,1-3H3,(H,29,30). The van der Waals surface area contributed by atoms with Gasteiger partial charge in [-0.15, -0.1) is 11.3 Å². The Morgan fingerprint density at radius 1 is 0.968 bits per heavy atom. The lowest BCUT2D eigenvalue weighted by molar-refractivity contribution is 0.102. The smallest absolute Gasteiger partial charge is 0.259 e. The fourth-order valence-corrected chi connectivity index (χ4v) is 5.32. The van der Waals surface area contributed by atoms with E-state index in [9.17, 15) is 4.79 Å². The van der Waals surface area contributed by atoms with Gasteiger partial charge in [0.25, 0.3) is 5.91 Å². The van der Waals surface area contributed by atoms with Crippen molar-refractivity contribution < 1.29 is 4.79 Å². The Bertz CT molecular complexity index is 1110. The molecule has 0 saturated carbocycles. The van der Waals surface area contributed by atoms with Crippen LogP contribution in [0.25, 0.3) is 0 Å². The number of aryl methyl sites for hydroxylation is 3. The number of carbonyl (C=O) groups is 1. The van der Waals surface area contributed by atoms with Gasteiger partial charge >= 0.3 is 0 Å². The predicted octanol–water partition coefficient (Wildman–Crippen LogP) is 7.34. The first kappa shape index (κ1) is 21.5. The fraction of sp³-hybridized carbons (Fsp3) is 0.333. The summed E-state index contributed by atoms with van der Waals surface area (Å²) in [6.07, 6.45) is 8.71. The van der Waals surface area contributed by atoms with E-state index in [2.05, 4.69) is 56.4 Å². The third kappa shape index (κ3) is 4.96. The molecular weight excluding hydrogens is 400 g/mol. The highest BCUT2D eigenvalue weighted by atomic mass is 32.1. The first-order valence-corrected chi connectivity index (χ1v) is 12.0. The number of hydrogen-bond donors (Lipinski definition) is 1. The van der Waals surface area contributed by atoms with Gasteiger partial charge in [0.2, 0.25) is 0 Å². The summed E-state index contributed by atoms with van der Waals surface area (Å²) < 4.78 is 0. The minimum absolute atomic E-state index is 0.0390. The fourth-order valence-electron chi connectivity index (χ4n) is 4.09. The van der Waals surface area contributed by atoms with Crippen LogP contribution >= 0.6 is 11.3 Å². The van der Waals surface area contributed by atoms with E-state index >= 15 is 0 Å². The van der Waals surface area contributed by atoms with Crippen LogP contribution < -0.4 is 5.32 Å². The van der Waals surface area contributed by atoms with Crippen LogP contribution in [0.4, 0.5) is 10.7 Å². The van der Waals surface area contributed by atoms with Gasteiger partial charge in [-0.05, 0) is 74.8 Å². The van der Waals surface area contributed by atoms with Gasteiger partial charge in [-0.25, -0.2) is 4.99 Å². The molecule has 0 saturated heterocycles. The molecule has 1 aromatic heterocycles. The van der Waals surface area contributed by atoms with E-state index in [4.69, 9.17) is 4.99 Å². The molecule has 0 fully saturated rings. The lowest BCUT2D eigenvalue weighted by Gasteiger charge is -2.13. The van der Waals surface area contributed by atoms with Gasteiger partial charge in [0.15, 0.2) is 0 Å². The monoisotopic (exact) mass is 430 g/mol. The molecule has 3 nitrogen and oxygen atoms in total. The third-order valence-electron chi connectivity index (χ3n) is 6.14. The number of fused-ring (bicyclic) bond motifs is 1. The molecule has 4 rings (SSSR count). The van der Waals surface area contributed by atoms with E-state index in [1.54, 1.807) is 11.3 Å². The summed E-state index contributed by atoms with van der Waals surface area (Å²) in [5.41, 5.74) is 7.42. The summed E-state index contributed by atoms with van der Waals surface area (Å²) in [7, 11) is 0. The summed E-state index contributed by atoms with van der Waals surface area (Å²) in [5, 5.41) is 4.01. The Labute approximate surface area is 189 Å². The molecule has 1 heterocycles. The molecule has 31 heavy (non-hydrogen) atoms. The minimum Gasteiger partial charge on any atom is -0.322 e. The molecule has 1 aliphatic rings. The largest absolute Gasteiger partial charge is 0.322 e. The lowest BCUT2D eigenvalue weighted by atomic mass is 9.96. The number of benzene rings is 2. The van der Waals surface area contributed by atoms with Gasteiger partial charge in [-0.3, -0.25) is 4.79 Å². The van der Waals surface area contributed by atoms with Crippen LogP contribution in [-0.4, -0.2) is 12.1 Å². The zero-order chi connectivity index (χ0) is 21.8. The Balaban J connectivity index is 1.72. The number of anilines is 1. The number of rotatable bonds is 4. The Morgan fingerprint density at radius 3 is 2.48 bits per heavy atom. The maximum Gasteiger partial charge on any atom is 0.259 e. The van der Waals surface area contributed by atoms with Crippen molar-refractivity contribution in [2.45, 2.75) is 59.3 Å². The van der Waals surface area contributed by atoms with Crippen LogP contribution in [-0.2, 0) is 12.8 Å². The third-order valence-corrected chi connectivity index (χ3v) is 7.34. The summed E-state index contributed by atoms with van der Waals surface area (Å²) in [6, 6.07) is 14.4. The normalized spacial score (nSPS) is 14.2. The van der Waals surface area contributed by atoms with Gasteiger partial charge in [0, 0.05) is 16.8 Å². The van der Waals surface area contributed by atoms with Crippen LogP contribution in [0.5, 0.6) is 0 Å². The minimum atomic E-state index is -0.0390. The molecule has 1 N–H and O–H groups in total. The highest BCUT2D eigenvalue weighted by Gasteiger charge is 2.24. The highest BCUT2D eigenvalue weighted by molar-refractivity contribution is 7.16. The average Bonchev–Trinajstić information content (AvgIpc) is 3.07. The molecule has 4 heteroatoms. The summed E-state index contributed by atoms with van der Waals surface area (Å²) in [5.74, 6) is -0.0390. The number of aliphatic imine (C=N–C) groups is 1. The summed E-state index contributed by atoms with van der Waals surface area (Å²) in [4.78, 5) is 19.7. The first-order chi connectivity index (χ1) is 15.0. The van der Waals surface area contributed by atoms with Gasteiger partial charge in [0.1, 0.15) is 5.00 Å². The van der Waals surface area contributed by atoms with Gasteiger partial charge < -0.3 is 5.32 Å². The Kier molecular flexibility index (Phi) is 6.67. The highest BCUT2D eigenvalue weighted by Crippen LogP contribution is 2.39. The number of amides is 1. The molecule has 1 amide bonds. The molecule has 0 radical (unpaired) electrons. The number of nitrogens with one attached hydrogen (secondary N) is 1. The van der Waals surface area contributed by atoms with Crippen molar-refractivity contribution in [3.8, 4) is 0 Å². The lowest BCUT2D eigenvalue weighted by Crippen LogP contribution is -2.15. The van der Waals surface area contributed by atoms with E-state index < -0.39 is 0 Å². The molecule has 0 spiro atoms. The maximum absolute atomic E-state index is 13.5. The zero-order valence-corrected chi connectivity index (χ0v) is 19.4. The second-order valence-electron chi connectivity index (χ2n) is 8.47. The van der Waals surface area contributed by atoms with E-state index in [0.717, 1.165) is 46.6 Å².